The van der Waals surface area contributed by atoms with Crippen LogP contribution < -0.4 is 5.32 Å². The van der Waals surface area contributed by atoms with Crippen LogP contribution in [0.2, 0.25) is 5.02 Å². The van der Waals surface area contributed by atoms with Crippen molar-refractivity contribution >= 4 is 34.2 Å². The number of amides is 1. The van der Waals surface area contributed by atoms with Gasteiger partial charge in [0.2, 0.25) is 0 Å². The summed E-state index contributed by atoms with van der Waals surface area (Å²) in [6.07, 6.45) is 7.81. The molecule has 37 heavy (non-hydrogen) atoms. The molecule has 2 aromatic carbocycles. The normalized spacial score (nSPS) is 15.3. The topological polar surface area (TPSA) is 77.6 Å². The molecule has 0 atom stereocenters. The monoisotopic (exact) mass is 508 g/mol. The summed E-state index contributed by atoms with van der Waals surface area (Å²) in [5.41, 5.74) is 6.16. The van der Waals surface area contributed by atoms with Crippen LogP contribution in [-0.4, -0.2) is 30.5 Å². The Morgan fingerprint density at radius 1 is 1.00 bits per heavy atom. The van der Waals surface area contributed by atoms with Crippen LogP contribution in [0.15, 0.2) is 73.1 Å². The fourth-order valence-electron chi connectivity index (χ4n) is 4.82. The lowest BCUT2D eigenvalue weighted by atomic mass is 10.0. The van der Waals surface area contributed by atoms with Gasteiger partial charge in [-0.15, -0.1) is 0 Å². The number of nitrogens with zero attached hydrogens (tertiary/aromatic N) is 5. The van der Waals surface area contributed by atoms with E-state index in [1.807, 2.05) is 65.3 Å². The van der Waals surface area contributed by atoms with Gasteiger partial charge in [0.25, 0.3) is 5.91 Å². The molecule has 184 valence electrons. The van der Waals surface area contributed by atoms with Crippen LogP contribution in [0.5, 0.6) is 0 Å². The molecular weight excluding hydrogens is 484 g/mol. The third kappa shape index (κ3) is 4.40. The molecule has 2 aliphatic rings. The molecule has 3 heterocycles. The van der Waals surface area contributed by atoms with Gasteiger partial charge in [-0.2, -0.15) is 10.2 Å². The highest BCUT2D eigenvalue weighted by molar-refractivity contribution is 6.30. The molecule has 1 N–H and O–H groups in total. The molecule has 2 fully saturated rings. The molecule has 1 amide bonds. The maximum atomic E-state index is 13.7. The molecular formula is C29H25ClN6O. The van der Waals surface area contributed by atoms with Crippen molar-refractivity contribution in [2.45, 2.75) is 44.1 Å². The molecule has 3 aromatic heterocycles. The van der Waals surface area contributed by atoms with E-state index in [-0.39, 0.29) is 5.91 Å². The summed E-state index contributed by atoms with van der Waals surface area (Å²) >= 11 is 5.97. The van der Waals surface area contributed by atoms with E-state index in [1.54, 1.807) is 17.1 Å². The Hall–Kier alpha value is -3.97. The van der Waals surface area contributed by atoms with Crippen molar-refractivity contribution in [1.82, 2.24) is 24.5 Å². The van der Waals surface area contributed by atoms with Gasteiger partial charge >= 0.3 is 0 Å². The molecule has 8 heteroatoms. The molecule has 2 saturated carbocycles. The minimum atomic E-state index is -0.129. The van der Waals surface area contributed by atoms with E-state index in [1.165, 1.54) is 0 Å². The summed E-state index contributed by atoms with van der Waals surface area (Å²) in [6.45, 7) is 0.611. The van der Waals surface area contributed by atoms with Gasteiger partial charge in [-0.25, -0.2) is 9.67 Å². The number of aromatic nitrogens is 5. The summed E-state index contributed by atoms with van der Waals surface area (Å²) in [5.74, 6) is 0.660. The van der Waals surface area contributed by atoms with Crippen molar-refractivity contribution in [3.05, 3.63) is 101 Å². The number of pyridine rings is 1. The number of fused-ring (bicyclic) bond motifs is 1. The number of carbonyl (C=O) groups excluding carboxylic acids is 1. The lowest BCUT2D eigenvalue weighted by Crippen LogP contribution is -2.14. The van der Waals surface area contributed by atoms with Gasteiger partial charge in [-0.05, 0) is 61.6 Å². The van der Waals surface area contributed by atoms with E-state index in [9.17, 15) is 4.79 Å². The number of nitrogens with one attached hydrogen (secondary N) is 1. The maximum absolute atomic E-state index is 13.7. The first kappa shape index (κ1) is 22.2. The third-order valence-corrected chi connectivity index (χ3v) is 7.24. The molecule has 0 bridgehead atoms. The maximum Gasteiger partial charge on any atom is 0.256 e. The highest BCUT2D eigenvalue weighted by atomic mass is 35.5. The van der Waals surface area contributed by atoms with Gasteiger partial charge in [0.15, 0.2) is 5.65 Å². The summed E-state index contributed by atoms with van der Waals surface area (Å²) in [5, 5.41) is 13.8. The Morgan fingerprint density at radius 3 is 2.43 bits per heavy atom. The Bertz CT molecular complexity index is 1610. The fraction of sp³-hybridized carbons (Fsp3) is 0.241. The number of anilines is 1. The van der Waals surface area contributed by atoms with Crippen molar-refractivity contribution in [2.75, 3.05) is 5.32 Å². The molecule has 0 radical (unpaired) electrons. The first-order chi connectivity index (χ1) is 18.1. The van der Waals surface area contributed by atoms with Gasteiger partial charge in [-0.1, -0.05) is 41.9 Å². The average Bonchev–Trinajstić information content (AvgIpc) is 3.86. The van der Waals surface area contributed by atoms with E-state index in [2.05, 4.69) is 10.4 Å². The first-order valence-electron chi connectivity index (χ1n) is 12.7. The lowest BCUT2D eigenvalue weighted by Gasteiger charge is -2.11. The second-order valence-electron chi connectivity index (χ2n) is 9.98. The van der Waals surface area contributed by atoms with Crippen molar-refractivity contribution in [3.8, 4) is 5.69 Å². The van der Waals surface area contributed by atoms with Crippen molar-refractivity contribution in [2.24, 2.45) is 0 Å². The SMILES string of the molecule is O=C(Nc1ccc(Cn2cc(Cl)cn2)cc1)c1cc(C2CC2)nc2c1c(C1CC1)nn2-c1ccccc1. The Labute approximate surface area is 219 Å². The minimum absolute atomic E-state index is 0.129. The minimum Gasteiger partial charge on any atom is -0.322 e. The number of benzene rings is 2. The molecule has 2 aliphatic carbocycles. The van der Waals surface area contributed by atoms with Gasteiger partial charge in [-0.3, -0.25) is 9.48 Å². The first-order valence-corrected chi connectivity index (χ1v) is 13.1. The average molecular weight is 509 g/mol. The standard InChI is InChI=1S/C29H25ClN6O/c30-21-15-31-35(17-21)16-18-6-12-22(13-7-18)32-29(37)24-14-25(19-8-9-19)33-28-26(24)27(20-10-11-20)34-36(28)23-4-2-1-3-5-23/h1-7,12-15,17,19-20H,8-11,16H2,(H,32,37). The predicted molar refractivity (Wildman–Crippen MR) is 144 cm³/mol. The number of para-hydroxylation sites is 1. The van der Waals surface area contributed by atoms with E-state index in [0.717, 1.165) is 65.0 Å². The molecule has 0 aliphatic heterocycles. The summed E-state index contributed by atoms with van der Waals surface area (Å²) in [7, 11) is 0. The number of rotatable bonds is 7. The lowest BCUT2D eigenvalue weighted by molar-refractivity contribution is 0.102. The quantitative estimate of drug-likeness (QED) is 0.279. The van der Waals surface area contributed by atoms with E-state index >= 15 is 0 Å². The van der Waals surface area contributed by atoms with E-state index in [0.29, 0.717) is 29.0 Å². The van der Waals surface area contributed by atoms with Gasteiger partial charge in [0.1, 0.15) is 0 Å². The summed E-state index contributed by atoms with van der Waals surface area (Å²) in [4.78, 5) is 18.8. The van der Waals surface area contributed by atoms with Crippen LogP contribution in [0.4, 0.5) is 5.69 Å². The highest BCUT2D eigenvalue weighted by Crippen LogP contribution is 2.45. The summed E-state index contributed by atoms with van der Waals surface area (Å²) < 4.78 is 3.70. The van der Waals surface area contributed by atoms with E-state index < -0.39 is 0 Å². The second-order valence-corrected chi connectivity index (χ2v) is 10.4. The number of hydrogen-bond acceptors (Lipinski definition) is 4. The summed E-state index contributed by atoms with van der Waals surface area (Å²) in [6, 6.07) is 19.9. The van der Waals surface area contributed by atoms with Crippen LogP contribution in [0.1, 0.15) is 64.8 Å². The van der Waals surface area contributed by atoms with Gasteiger partial charge in [0, 0.05) is 29.4 Å². The van der Waals surface area contributed by atoms with Crippen molar-refractivity contribution < 1.29 is 4.79 Å². The van der Waals surface area contributed by atoms with Crippen molar-refractivity contribution in [1.29, 1.82) is 0 Å². The third-order valence-electron chi connectivity index (χ3n) is 7.05. The van der Waals surface area contributed by atoms with Crippen LogP contribution in [-0.2, 0) is 6.54 Å². The molecule has 0 spiro atoms. The Balaban J connectivity index is 1.25. The molecule has 5 aromatic rings. The van der Waals surface area contributed by atoms with Crippen LogP contribution in [0.25, 0.3) is 16.7 Å². The van der Waals surface area contributed by atoms with Gasteiger partial charge in [0.05, 0.1) is 40.1 Å². The van der Waals surface area contributed by atoms with Crippen LogP contribution in [0, 0.1) is 0 Å². The smallest absolute Gasteiger partial charge is 0.256 e. The van der Waals surface area contributed by atoms with E-state index in [4.69, 9.17) is 21.7 Å². The molecule has 7 rings (SSSR count). The zero-order valence-corrected chi connectivity index (χ0v) is 20.9. The van der Waals surface area contributed by atoms with Crippen LogP contribution in [0.3, 0.4) is 0 Å². The zero-order chi connectivity index (χ0) is 24.9. The predicted octanol–water partition coefficient (Wildman–Crippen LogP) is 6.33. The zero-order valence-electron chi connectivity index (χ0n) is 20.1. The largest absolute Gasteiger partial charge is 0.322 e. The number of halogens is 1. The molecule has 7 nitrogen and oxygen atoms in total. The Kier molecular flexibility index (Phi) is 5.32. The van der Waals surface area contributed by atoms with Crippen LogP contribution >= 0.6 is 11.6 Å². The van der Waals surface area contributed by atoms with Gasteiger partial charge < -0.3 is 5.32 Å². The number of carbonyl (C=O) groups is 1. The molecule has 0 saturated heterocycles. The second kappa shape index (κ2) is 8.85. The fourth-order valence-corrected chi connectivity index (χ4v) is 4.98. The highest BCUT2D eigenvalue weighted by Gasteiger charge is 2.34. The van der Waals surface area contributed by atoms with Crippen molar-refractivity contribution in [3.63, 3.8) is 0 Å². The number of hydrogen-bond donors (Lipinski definition) is 1. The molecule has 0 unspecified atom stereocenters. The Morgan fingerprint density at radius 2 is 1.76 bits per heavy atom.